The highest BCUT2D eigenvalue weighted by atomic mass is 19.4. The summed E-state index contributed by atoms with van der Waals surface area (Å²) in [6.07, 6.45) is 1.19. The third-order valence-corrected chi connectivity index (χ3v) is 5.90. The van der Waals surface area contributed by atoms with Gasteiger partial charge in [-0.2, -0.15) is 18.2 Å². The van der Waals surface area contributed by atoms with E-state index in [0.29, 0.717) is 41.2 Å². The molecule has 0 saturated heterocycles. The van der Waals surface area contributed by atoms with Gasteiger partial charge < -0.3 is 16.4 Å². The normalized spacial score (nSPS) is 19.6. The van der Waals surface area contributed by atoms with E-state index >= 15 is 0 Å². The van der Waals surface area contributed by atoms with Crippen molar-refractivity contribution >= 4 is 28.7 Å². The summed E-state index contributed by atoms with van der Waals surface area (Å²) in [4.78, 5) is 13.8. The molecule has 178 valence electrons. The van der Waals surface area contributed by atoms with Crippen LogP contribution in [0.15, 0.2) is 30.5 Å². The Morgan fingerprint density at radius 2 is 1.70 bits per heavy atom. The first-order valence-electron chi connectivity index (χ1n) is 11.2. The third kappa shape index (κ3) is 5.38. The molecule has 0 aliphatic heterocycles. The number of nitrogens with two attached hydrogens (primary N) is 1. The van der Waals surface area contributed by atoms with Gasteiger partial charge in [-0.15, -0.1) is 0 Å². The number of hydrogen-bond donors (Lipinski definition) is 3. The smallest absolute Gasteiger partial charge is 0.350 e. The molecule has 33 heavy (non-hydrogen) atoms. The van der Waals surface area contributed by atoms with Crippen molar-refractivity contribution in [2.24, 2.45) is 11.7 Å². The Morgan fingerprint density at radius 1 is 1.03 bits per heavy atom. The number of nitrogens with zero attached hydrogens (tertiary/aromatic N) is 4. The van der Waals surface area contributed by atoms with E-state index < -0.39 is 11.7 Å². The fourth-order valence-corrected chi connectivity index (χ4v) is 4.23. The Morgan fingerprint density at radius 3 is 2.27 bits per heavy atom. The summed E-state index contributed by atoms with van der Waals surface area (Å²) in [7, 11) is 0. The molecule has 0 amide bonds. The average Bonchev–Trinajstić information content (AvgIpc) is 3.09. The van der Waals surface area contributed by atoms with Gasteiger partial charge in [-0.1, -0.05) is 0 Å². The van der Waals surface area contributed by atoms with E-state index in [4.69, 9.17) is 10.7 Å². The van der Waals surface area contributed by atoms with Crippen LogP contribution in [0.3, 0.4) is 0 Å². The lowest BCUT2D eigenvalue weighted by molar-refractivity contribution is -0.137. The van der Waals surface area contributed by atoms with Crippen LogP contribution in [-0.2, 0) is 6.18 Å². The number of halogens is 3. The fourth-order valence-electron chi connectivity index (χ4n) is 4.23. The molecule has 2 aromatic heterocycles. The Kier molecular flexibility index (Phi) is 6.22. The van der Waals surface area contributed by atoms with Crippen molar-refractivity contribution in [3.8, 4) is 0 Å². The van der Waals surface area contributed by atoms with Gasteiger partial charge >= 0.3 is 6.18 Å². The van der Waals surface area contributed by atoms with Crippen molar-refractivity contribution < 1.29 is 13.2 Å². The van der Waals surface area contributed by atoms with Crippen LogP contribution in [0.25, 0.3) is 11.2 Å². The van der Waals surface area contributed by atoms with E-state index in [2.05, 4.69) is 25.2 Å². The summed E-state index contributed by atoms with van der Waals surface area (Å²) in [5.41, 5.74) is 6.82. The van der Waals surface area contributed by atoms with E-state index in [0.717, 1.165) is 37.8 Å². The molecule has 0 bridgehead atoms. The summed E-state index contributed by atoms with van der Waals surface area (Å²) in [5.74, 6) is 1.56. The Hall–Kier alpha value is -2.88. The molecular formula is C23H30F3N7. The molecule has 1 aromatic carbocycles. The summed E-state index contributed by atoms with van der Waals surface area (Å²) in [6.45, 7) is 6.77. The maximum atomic E-state index is 12.9. The lowest BCUT2D eigenvalue weighted by atomic mass is 9.86. The zero-order chi connectivity index (χ0) is 23.8. The van der Waals surface area contributed by atoms with Crippen molar-refractivity contribution in [2.45, 2.75) is 64.2 Å². The number of rotatable bonds is 5. The van der Waals surface area contributed by atoms with Gasteiger partial charge in [-0.25, -0.2) is 9.97 Å². The molecule has 4 rings (SSSR count). The lowest BCUT2D eigenvalue weighted by Crippen LogP contribution is -2.27. The maximum Gasteiger partial charge on any atom is 0.416 e. The van der Waals surface area contributed by atoms with Gasteiger partial charge in [-0.3, -0.25) is 4.57 Å². The summed E-state index contributed by atoms with van der Waals surface area (Å²) in [5, 5.41) is 6.49. The number of fused-ring (bicyclic) bond motifs is 1. The molecule has 1 aliphatic rings. The second-order valence-electron chi connectivity index (χ2n) is 9.69. The first-order valence-corrected chi connectivity index (χ1v) is 11.2. The highest BCUT2D eigenvalue weighted by Crippen LogP contribution is 2.37. The molecule has 10 heteroatoms. The number of alkyl halides is 3. The molecule has 0 spiro atoms. The van der Waals surface area contributed by atoms with Crippen LogP contribution in [0.5, 0.6) is 0 Å². The van der Waals surface area contributed by atoms with Crippen LogP contribution in [0.2, 0.25) is 0 Å². The van der Waals surface area contributed by atoms with E-state index in [9.17, 15) is 13.2 Å². The Balaban J connectivity index is 1.71. The second kappa shape index (κ2) is 8.81. The van der Waals surface area contributed by atoms with Crippen LogP contribution in [-0.4, -0.2) is 31.6 Å². The molecule has 2 heterocycles. The number of nitrogens with one attached hydrogen (secondary N) is 2. The van der Waals surface area contributed by atoms with Crippen LogP contribution >= 0.6 is 0 Å². The van der Waals surface area contributed by atoms with Gasteiger partial charge in [-0.05, 0) is 83.2 Å². The van der Waals surface area contributed by atoms with Gasteiger partial charge in [0, 0.05) is 17.3 Å². The van der Waals surface area contributed by atoms with Crippen molar-refractivity contribution in [2.75, 3.05) is 17.2 Å². The highest BCUT2D eigenvalue weighted by Gasteiger charge is 2.30. The largest absolute Gasteiger partial charge is 0.416 e. The van der Waals surface area contributed by atoms with E-state index in [1.54, 1.807) is 6.20 Å². The maximum absolute atomic E-state index is 12.9. The molecule has 4 N–H and O–H groups in total. The van der Waals surface area contributed by atoms with E-state index in [1.165, 1.54) is 12.1 Å². The van der Waals surface area contributed by atoms with Gasteiger partial charge in [0.05, 0.1) is 11.8 Å². The predicted molar refractivity (Wildman–Crippen MR) is 123 cm³/mol. The van der Waals surface area contributed by atoms with Gasteiger partial charge in [0.1, 0.15) is 5.52 Å². The van der Waals surface area contributed by atoms with Crippen LogP contribution in [0, 0.1) is 5.92 Å². The number of aromatic nitrogens is 4. The summed E-state index contributed by atoms with van der Waals surface area (Å²) >= 11 is 0. The second-order valence-corrected chi connectivity index (χ2v) is 9.69. The molecule has 0 unspecified atom stereocenters. The van der Waals surface area contributed by atoms with E-state index in [-0.39, 0.29) is 11.6 Å². The Bertz CT molecular complexity index is 1090. The summed E-state index contributed by atoms with van der Waals surface area (Å²) < 4.78 is 40.9. The molecule has 0 radical (unpaired) electrons. The standard InChI is InChI=1S/C23H30F3N7/c1-22(2,3)32-20-28-13-18-19(31-20)33(17-10-4-14(12-27)5-11-17)21(30-18)29-16-8-6-15(7-9-16)23(24,25)26/h6-9,13-14,17H,4-5,10-12,27H2,1-3H3,(H,29,30)(H,28,31,32). The molecular weight excluding hydrogens is 431 g/mol. The van der Waals surface area contributed by atoms with Crippen molar-refractivity contribution in [1.82, 2.24) is 19.5 Å². The number of imidazole rings is 1. The molecule has 1 saturated carbocycles. The van der Waals surface area contributed by atoms with Gasteiger partial charge in [0.15, 0.2) is 5.65 Å². The lowest BCUT2D eigenvalue weighted by Gasteiger charge is -2.30. The molecule has 3 aromatic rings. The van der Waals surface area contributed by atoms with Crippen molar-refractivity contribution in [3.63, 3.8) is 0 Å². The predicted octanol–water partition coefficient (Wildman–Crippen LogP) is 5.49. The molecule has 0 atom stereocenters. The fraction of sp³-hybridized carbons (Fsp3) is 0.522. The minimum atomic E-state index is -4.38. The quantitative estimate of drug-likeness (QED) is 0.465. The number of benzene rings is 1. The Labute approximate surface area is 191 Å². The SMILES string of the molecule is CC(C)(C)Nc1ncc2nc(Nc3ccc(C(F)(F)F)cc3)n(C3CCC(CN)CC3)c2n1. The van der Waals surface area contributed by atoms with E-state index in [1.807, 2.05) is 20.8 Å². The monoisotopic (exact) mass is 461 g/mol. The topological polar surface area (TPSA) is 93.7 Å². The van der Waals surface area contributed by atoms with Gasteiger partial charge in [0.2, 0.25) is 11.9 Å². The first-order chi connectivity index (χ1) is 15.5. The molecule has 1 fully saturated rings. The van der Waals surface area contributed by atoms with Crippen molar-refractivity contribution in [3.05, 3.63) is 36.0 Å². The van der Waals surface area contributed by atoms with Crippen LogP contribution in [0.4, 0.5) is 30.8 Å². The minimum Gasteiger partial charge on any atom is -0.350 e. The van der Waals surface area contributed by atoms with Crippen molar-refractivity contribution in [1.29, 1.82) is 0 Å². The third-order valence-electron chi connectivity index (χ3n) is 5.90. The average molecular weight is 462 g/mol. The molecule has 1 aliphatic carbocycles. The number of hydrogen-bond acceptors (Lipinski definition) is 6. The minimum absolute atomic E-state index is 0.159. The van der Waals surface area contributed by atoms with Crippen LogP contribution < -0.4 is 16.4 Å². The highest BCUT2D eigenvalue weighted by molar-refractivity contribution is 5.76. The zero-order valence-corrected chi connectivity index (χ0v) is 19.1. The van der Waals surface area contributed by atoms with Crippen LogP contribution in [0.1, 0.15) is 58.1 Å². The first kappa shape index (κ1) is 23.3. The zero-order valence-electron chi connectivity index (χ0n) is 19.1. The molecule has 7 nitrogen and oxygen atoms in total. The van der Waals surface area contributed by atoms with Gasteiger partial charge in [0.25, 0.3) is 0 Å². The summed E-state index contributed by atoms with van der Waals surface area (Å²) in [6, 6.07) is 5.11. The number of anilines is 3.